The summed E-state index contributed by atoms with van der Waals surface area (Å²) in [4.78, 5) is 18.7. The first kappa shape index (κ1) is 24.4. The van der Waals surface area contributed by atoms with E-state index in [9.17, 15) is 0 Å². The van der Waals surface area contributed by atoms with Gasteiger partial charge in [-0.3, -0.25) is 4.57 Å². The van der Waals surface area contributed by atoms with Gasteiger partial charge in [-0.05, 0) is 62.4 Å². The van der Waals surface area contributed by atoms with Crippen molar-refractivity contribution >= 4 is 45.7 Å². The lowest BCUT2D eigenvalue weighted by Gasteiger charge is -2.28. The second kappa shape index (κ2) is 10.8. The molecule has 0 unspecified atom stereocenters. The zero-order valence-electron chi connectivity index (χ0n) is 21.9. The van der Waals surface area contributed by atoms with Crippen LogP contribution in [-0.2, 0) is 9.47 Å². The maximum absolute atomic E-state index is 5.48. The highest BCUT2D eigenvalue weighted by Gasteiger charge is 2.19. The Morgan fingerprint density at radius 1 is 0.711 bits per heavy atom. The van der Waals surface area contributed by atoms with Crippen LogP contribution in [0.4, 0.5) is 34.5 Å². The van der Waals surface area contributed by atoms with Crippen LogP contribution in [-0.4, -0.2) is 72.1 Å². The first-order chi connectivity index (χ1) is 18.7. The van der Waals surface area contributed by atoms with Crippen LogP contribution in [0.2, 0.25) is 0 Å². The molecule has 2 N–H and O–H groups in total. The summed E-state index contributed by atoms with van der Waals surface area (Å²) in [5, 5.41) is 6.96. The predicted molar refractivity (Wildman–Crippen MR) is 151 cm³/mol. The molecule has 4 aromatic rings. The Labute approximate surface area is 222 Å². The monoisotopic (exact) mass is 514 g/mol. The maximum atomic E-state index is 5.48. The first-order valence-electron chi connectivity index (χ1n) is 13.3. The molecule has 0 radical (unpaired) electrons. The fourth-order valence-electron chi connectivity index (χ4n) is 5.00. The van der Waals surface area contributed by atoms with E-state index >= 15 is 0 Å². The van der Waals surface area contributed by atoms with Crippen molar-refractivity contribution in [1.29, 1.82) is 0 Å². The summed E-state index contributed by atoms with van der Waals surface area (Å²) in [6.45, 7) is 11.0. The van der Waals surface area contributed by atoms with Crippen LogP contribution in [0.25, 0.3) is 11.2 Å². The molecule has 198 valence electrons. The highest BCUT2D eigenvalue weighted by molar-refractivity contribution is 5.88. The molecular formula is C28H34N8O2. The quantitative estimate of drug-likeness (QED) is 0.368. The molecule has 2 aromatic heterocycles. The number of hydrogen-bond acceptors (Lipinski definition) is 9. The Kier molecular flexibility index (Phi) is 6.98. The molecule has 0 amide bonds. The van der Waals surface area contributed by atoms with Crippen LogP contribution >= 0.6 is 0 Å². The van der Waals surface area contributed by atoms with Gasteiger partial charge in [0, 0.05) is 55.0 Å². The van der Waals surface area contributed by atoms with Gasteiger partial charge >= 0.3 is 0 Å². The number of fused-ring (bicyclic) bond motifs is 1. The van der Waals surface area contributed by atoms with Crippen molar-refractivity contribution in [3.8, 4) is 0 Å². The van der Waals surface area contributed by atoms with Gasteiger partial charge in [0.1, 0.15) is 6.33 Å². The van der Waals surface area contributed by atoms with Crippen molar-refractivity contribution in [3.05, 3.63) is 54.9 Å². The summed E-state index contributed by atoms with van der Waals surface area (Å²) in [5.41, 5.74) is 5.84. The Balaban J connectivity index is 1.24. The van der Waals surface area contributed by atoms with Crippen LogP contribution in [0.3, 0.4) is 0 Å². The molecule has 2 aliphatic rings. The molecule has 38 heavy (non-hydrogen) atoms. The number of hydrogen-bond donors (Lipinski definition) is 2. The highest BCUT2D eigenvalue weighted by atomic mass is 16.5. The molecule has 2 aromatic carbocycles. The van der Waals surface area contributed by atoms with Gasteiger partial charge in [0.2, 0.25) is 5.95 Å². The molecule has 0 spiro atoms. The van der Waals surface area contributed by atoms with Gasteiger partial charge in [0.15, 0.2) is 17.0 Å². The summed E-state index contributed by atoms with van der Waals surface area (Å²) in [7, 11) is 0. The number of aromatic nitrogens is 4. The molecular weight excluding hydrogens is 480 g/mol. The summed E-state index contributed by atoms with van der Waals surface area (Å²) < 4.78 is 13.1. The van der Waals surface area contributed by atoms with E-state index in [2.05, 4.69) is 97.3 Å². The van der Waals surface area contributed by atoms with E-state index in [-0.39, 0.29) is 6.04 Å². The summed E-state index contributed by atoms with van der Waals surface area (Å²) in [5.74, 6) is 1.42. The number of nitrogens with one attached hydrogen (secondary N) is 2. The van der Waals surface area contributed by atoms with Crippen LogP contribution in [0.1, 0.15) is 19.9 Å². The van der Waals surface area contributed by atoms with Crippen molar-refractivity contribution in [2.45, 2.75) is 19.9 Å². The number of imidazole rings is 1. The van der Waals surface area contributed by atoms with Gasteiger partial charge in [-0.2, -0.15) is 0 Å². The third kappa shape index (κ3) is 5.09. The number of rotatable bonds is 7. The van der Waals surface area contributed by atoms with Crippen molar-refractivity contribution in [2.24, 2.45) is 0 Å². The van der Waals surface area contributed by atoms with Crippen molar-refractivity contribution in [1.82, 2.24) is 19.5 Å². The minimum absolute atomic E-state index is 0.158. The lowest BCUT2D eigenvalue weighted by molar-refractivity contribution is 0.122. The maximum Gasteiger partial charge on any atom is 0.210 e. The van der Waals surface area contributed by atoms with Crippen molar-refractivity contribution in [3.63, 3.8) is 0 Å². The SMILES string of the molecule is CC(C)n1c(Nc2ccc(N3CCOCC3)cc2)nc2c(Nc3ccc(N4CCOCC4)cc3)ncnc21. The second-order valence-corrected chi connectivity index (χ2v) is 9.84. The van der Waals surface area contributed by atoms with Crippen molar-refractivity contribution < 1.29 is 9.47 Å². The standard InChI is InChI=1S/C28H34N8O2/c1-20(2)36-27-25(33-28(36)32-22-5-9-24(10-6-22)35-13-17-38-18-14-35)26(29-19-30-27)31-21-3-7-23(8-4-21)34-11-15-37-16-12-34/h3-10,19-20H,11-18H2,1-2H3,(H,32,33)(H,29,30,31). The van der Waals surface area contributed by atoms with Crippen LogP contribution in [0.15, 0.2) is 54.9 Å². The normalized spacial score (nSPS) is 16.3. The van der Waals surface area contributed by atoms with Crippen LogP contribution < -0.4 is 20.4 Å². The molecule has 0 saturated carbocycles. The van der Waals surface area contributed by atoms with Crippen LogP contribution in [0, 0.1) is 0 Å². The fraction of sp³-hybridized carbons (Fsp3) is 0.393. The zero-order chi connectivity index (χ0) is 25.9. The Morgan fingerprint density at radius 3 is 1.76 bits per heavy atom. The minimum atomic E-state index is 0.158. The largest absolute Gasteiger partial charge is 0.378 e. The van der Waals surface area contributed by atoms with E-state index in [4.69, 9.17) is 14.5 Å². The molecule has 10 nitrogen and oxygen atoms in total. The lowest BCUT2D eigenvalue weighted by Crippen LogP contribution is -2.36. The fourth-order valence-corrected chi connectivity index (χ4v) is 5.00. The number of ether oxygens (including phenoxy) is 2. The molecule has 2 fully saturated rings. The minimum Gasteiger partial charge on any atom is -0.378 e. The molecule has 0 atom stereocenters. The van der Waals surface area contributed by atoms with Gasteiger partial charge in [0.05, 0.1) is 26.4 Å². The first-order valence-corrected chi connectivity index (χ1v) is 13.3. The van der Waals surface area contributed by atoms with Gasteiger partial charge in [0.25, 0.3) is 0 Å². The topological polar surface area (TPSA) is 92.6 Å². The van der Waals surface area contributed by atoms with E-state index in [0.717, 1.165) is 81.1 Å². The molecule has 10 heteroatoms. The van der Waals surface area contributed by atoms with E-state index in [1.165, 1.54) is 11.4 Å². The molecule has 0 aliphatic carbocycles. The molecule has 6 rings (SSSR count). The van der Waals surface area contributed by atoms with Crippen LogP contribution in [0.5, 0.6) is 0 Å². The van der Waals surface area contributed by atoms with Gasteiger partial charge in [-0.25, -0.2) is 15.0 Å². The molecule has 0 bridgehead atoms. The third-order valence-electron chi connectivity index (χ3n) is 7.00. The summed E-state index contributed by atoms with van der Waals surface area (Å²) in [6, 6.07) is 17.0. The Morgan fingerprint density at radius 2 is 1.24 bits per heavy atom. The Bertz CT molecular complexity index is 1360. The highest BCUT2D eigenvalue weighted by Crippen LogP contribution is 2.31. The van der Waals surface area contributed by atoms with Gasteiger partial charge in [-0.1, -0.05) is 0 Å². The summed E-state index contributed by atoms with van der Waals surface area (Å²) >= 11 is 0. The Hall–Kier alpha value is -3.89. The molecule has 2 aliphatic heterocycles. The van der Waals surface area contributed by atoms with Crippen molar-refractivity contribution in [2.75, 3.05) is 73.0 Å². The summed E-state index contributed by atoms with van der Waals surface area (Å²) in [6.07, 6.45) is 1.59. The predicted octanol–water partition coefficient (Wildman–Crippen LogP) is 4.57. The van der Waals surface area contributed by atoms with Gasteiger partial charge < -0.3 is 29.9 Å². The van der Waals surface area contributed by atoms with E-state index in [0.29, 0.717) is 5.82 Å². The van der Waals surface area contributed by atoms with E-state index in [1.54, 1.807) is 6.33 Å². The lowest BCUT2D eigenvalue weighted by atomic mass is 10.2. The second-order valence-electron chi connectivity index (χ2n) is 9.84. The number of morpholine rings is 2. The molecule has 2 saturated heterocycles. The van der Waals surface area contributed by atoms with E-state index in [1.807, 2.05) is 0 Å². The average Bonchev–Trinajstić information content (AvgIpc) is 3.34. The number of anilines is 6. The third-order valence-corrected chi connectivity index (χ3v) is 7.00. The number of benzene rings is 2. The smallest absolute Gasteiger partial charge is 0.210 e. The molecule has 4 heterocycles. The van der Waals surface area contributed by atoms with Gasteiger partial charge in [-0.15, -0.1) is 0 Å². The van der Waals surface area contributed by atoms with E-state index < -0.39 is 0 Å². The number of nitrogens with zero attached hydrogens (tertiary/aromatic N) is 6. The average molecular weight is 515 g/mol. The zero-order valence-corrected chi connectivity index (χ0v) is 21.9.